The molecule has 2 heterocycles. The van der Waals surface area contributed by atoms with E-state index in [0.717, 1.165) is 33.5 Å². The van der Waals surface area contributed by atoms with Crippen molar-refractivity contribution in [2.45, 2.75) is 19.4 Å². The lowest BCUT2D eigenvalue weighted by Crippen LogP contribution is -2.07. The van der Waals surface area contributed by atoms with E-state index in [1.807, 2.05) is 54.6 Å². The number of methoxy groups -OCH3 is 1. The van der Waals surface area contributed by atoms with Crippen molar-refractivity contribution >= 4 is 16.3 Å². The summed E-state index contributed by atoms with van der Waals surface area (Å²) in [6.07, 6.45) is 0.699. The van der Waals surface area contributed by atoms with Gasteiger partial charge in [0.25, 0.3) is 0 Å². The standard InChI is InChI=1S/C19H18N4O2S/c1-3-16(25-15-7-5-4-6-8-15)18-22-23-17(20-21-19(23)26-18)13-9-11-14(24-2)12-10-13/h4-12,16H,3H2,1-2H3. The summed E-state index contributed by atoms with van der Waals surface area (Å²) >= 11 is 1.50. The van der Waals surface area contributed by atoms with E-state index >= 15 is 0 Å². The van der Waals surface area contributed by atoms with Gasteiger partial charge in [-0.3, -0.25) is 0 Å². The molecule has 0 amide bonds. The van der Waals surface area contributed by atoms with Crippen LogP contribution in [0, 0.1) is 0 Å². The minimum atomic E-state index is -0.118. The Morgan fingerprint density at radius 2 is 1.77 bits per heavy atom. The Kier molecular flexibility index (Phi) is 4.53. The van der Waals surface area contributed by atoms with E-state index in [1.165, 1.54) is 11.3 Å². The van der Waals surface area contributed by atoms with Crippen LogP contribution < -0.4 is 9.47 Å². The topological polar surface area (TPSA) is 61.5 Å². The van der Waals surface area contributed by atoms with Crippen molar-refractivity contribution in [2.75, 3.05) is 7.11 Å². The zero-order valence-electron chi connectivity index (χ0n) is 14.5. The first kappa shape index (κ1) is 16.5. The summed E-state index contributed by atoms with van der Waals surface area (Å²) < 4.78 is 13.1. The summed E-state index contributed by atoms with van der Waals surface area (Å²) in [4.78, 5) is 0.751. The summed E-state index contributed by atoms with van der Waals surface area (Å²) in [6, 6.07) is 17.5. The first-order valence-electron chi connectivity index (χ1n) is 8.36. The van der Waals surface area contributed by atoms with Gasteiger partial charge in [-0.1, -0.05) is 36.5 Å². The van der Waals surface area contributed by atoms with Crippen molar-refractivity contribution in [1.82, 2.24) is 19.8 Å². The smallest absolute Gasteiger partial charge is 0.235 e. The van der Waals surface area contributed by atoms with Gasteiger partial charge < -0.3 is 9.47 Å². The van der Waals surface area contributed by atoms with Crippen LogP contribution in [0.2, 0.25) is 0 Å². The van der Waals surface area contributed by atoms with Crippen LogP contribution in [0.5, 0.6) is 11.5 Å². The molecule has 2 aromatic carbocycles. The van der Waals surface area contributed by atoms with E-state index in [9.17, 15) is 0 Å². The van der Waals surface area contributed by atoms with Crippen molar-refractivity contribution in [1.29, 1.82) is 0 Å². The Hall–Kier alpha value is -2.93. The van der Waals surface area contributed by atoms with E-state index in [1.54, 1.807) is 11.6 Å². The summed E-state index contributed by atoms with van der Waals surface area (Å²) in [5.41, 5.74) is 0.937. The first-order chi connectivity index (χ1) is 12.8. The predicted molar refractivity (Wildman–Crippen MR) is 101 cm³/mol. The monoisotopic (exact) mass is 366 g/mol. The van der Waals surface area contributed by atoms with Crippen LogP contribution in [-0.4, -0.2) is 26.9 Å². The molecular weight excluding hydrogens is 348 g/mol. The van der Waals surface area contributed by atoms with E-state index in [-0.39, 0.29) is 6.10 Å². The molecule has 0 fully saturated rings. The zero-order chi connectivity index (χ0) is 17.9. The van der Waals surface area contributed by atoms with Crippen molar-refractivity contribution in [3.05, 3.63) is 59.6 Å². The Balaban J connectivity index is 1.65. The Labute approximate surface area is 155 Å². The number of benzene rings is 2. The average molecular weight is 366 g/mol. The molecule has 0 N–H and O–H groups in total. The highest BCUT2D eigenvalue weighted by Gasteiger charge is 2.20. The largest absolute Gasteiger partial charge is 0.497 e. The maximum atomic E-state index is 6.09. The molecule has 2 aromatic heterocycles. The first-order valence-corrected chi connectivity index (χ1v) is 9.18. The minimum Gasteiger partial charge on any atom is -0.497 e. The predicted octanol–water partition coefficient (Wildman–Crippen LogP) is 4.39. The van der Waals surface area contributed by atoms with E-state index < -0.39 is 0 Å². The zero-order valence-corrected chi connectivity index (χ0v) is 15.3. The van der Waals surface area contributed by atoms with Crippen LogP contribution in [-0.2, 0) is 0 Å². The van der Waals surface area contributed by atoms with Gasteiger partial charge in [0.05, 0.1) is 7.11 Å². The lowest BCUT2D eigenvalue weighted by Gasteiger charge is -2.14. The van der Waals surface area contributed by atoms with Gasteiger partial charge in [0.1, 0.15) is 11.5 Å². The maximum absolute atomic E-state index is 6.09. The molecule has 1 unspecified atom stereocenters. The summed E-state index contributed by atoms with van der Waals surface area (Å²) in [7, 11) is 1.65. The van der Waals surface area contributed by atoms with Gasteiger partial charge in [0.2, 0.25) is 4.96 Å². The SMILES string of the molecule is CCC(Oc1ccccc1)c1nn2c(-c3ccc(OC)cc3)nnc2s1. The fraction of sp³-hybridized carbons (Fsp3) is 0.211. The molecule has 6 nitrogen and oxygen atoms in total. The van der Waals surface area contributed by atoms with Crippen molar-refractivity contribution in [2.24, 2.45) is 0 Å². The molecule has 7 heteroatoms. The highest BCUT2D eigenvalue weighted by Crippen LogP contribution is 2.30. The minimum absolute atomic E-state index is 0.118. The van der Waals surface area contributed by atoms with Gasteiger partial charge >= 0.3 is 0 Å². The molecule has 4 rings (SSSR count). The summed E-state index contributed by atoms with van der Waals surface area (Å²) in [6.45, 7) is 2.08. The van der Waals surface area contributed by atoms with Crippen molar-refractivity contribution in [3.8, 4) is 22.9 Å². The molecule has 0 aliphatic rings. The maximum Gasteiger partial charge on any atom is 0.235 e. The van der Waals surface area contributed by atoms with Crippen molar-refractivity contribution in [3.63, 3.8) is 0 Å². The Morgan fingerprint density at radius 3 is 2.46 bits per heavy atom. The Morgan fingerprint density at radius 1 is 1.00 bits per heavy atom. The third kappa shape index (κ3) is 3.13. The van der Waals surface area contributed by atoms with Gasteiger partial charge in [-0.25, -0.2) is 0 Å². The number of hydrogen-bond acceptors (Lipinski definition) is 6. The van der Waals surface area contributed by atoms with E-state index in [0.29, 0.717) is 5.82 Å². The number of aromatic nitrogens is 4. The normalized spacial score (nSPS) is 12.2. The second-order valence-corrected chi connectivity index (χ2v) is 6.70. The molecule has 0 saturated carbocycles. The average Bonchev–Trinajstić information content (AvgIpc) is 3.28. The number of fused-ring (bicyclic) bond motifs is 1. The lowest BCUT2D eigenvalue weighted by molar-refractivity contribution is 0.199. The van der Waals surface area contributed by atoms with Crippen LogP contribution >= 0.6 is 11.3 Å². The number of nitrogens with zero attached hydrogens (tertiary/aromatic N) is 4. The molecule has 132 valence electrons. The molecule has 0 aliphatic carbocycles. The molecular formula is C19H18N4O2S. The highest BCUT2D eigenvalue weighted by atomic mass is 32.1. The molecule has 4 aromatic rings. The Bertz CT molecular complexity index is 995. The quantitative estimate of drug-likeness (QED) is 0.506. The lowest BCUT2D eigenvalue weighted by atomic mass is 10.2. The van der Waals surface area contributed by atoms with E-state index in [2.05, 4.69) is 17.1 Å². The van der Waals surface area contributed by atoms with Crippen LogP contribution in [0.3, 0.4) is 0 Å². The van der Waals surface area contributed by atoms with Gasteiger partial charge in [0.15, 0.2) is 16.9 Å². The molecule has 0 saturated heterocycles. The summed E-state index contributed by atoms with van der Waals surface area (Å²) in [5, 5.41) is 14.1. The summed E-state index contributed by atoms with van der Waals surface area (Å²) in [5.74, 6) is 2.34. The third-order valence-corrected chi connectivity index (χ3v) is 5.01. The molecule has 0 aliphatic heterocycles. The van der Waals surface area contributed by atoms with Crippen LogP contribution in [0.15, 0.2) is 54.6 Å². The number of ether oxygens (including phenoxy) is 2. The second-order valence-electron chi connectivity index (χ2n) is 5.71. The molecule has 1 atom stereocenters. The van der Waals surface area contributed by atoms with E-state index in [4.69, 9.17) is 14.6 Å². The fourth-order valence-electron chi connectivity index (χ4n) is 2.65. The third-order valence-electron chi connectivity index (χ3n) is 4.02. The molecule has 0 spiro atoms. The number of rotatable bonds is 6. The molecule has 0 radical (unpaired) electrons. The van der Waals surface area contributed by atoms with Crippen molar-refractivity contribution < 1.29 is 9.47 Å². The van der Waals surface area contributed by atoms with Gasteiger partial charge in [-0.05, 0) is 42.8 Å². The second kappa shape index (κ2) is 7.13. The van der Waals surface area contributed by atoms with Gasteiger partial charge in [-0.2, -0.15) is 9.61 Å². The van der Waals surface area contributed by atoms with Crippen LogP contribution in [0.25, 0.3) is 16.3 Å². The molecule has 26 heavy (non-hydrogen) atoms. The number of hydrogen-bond donors (Lipinski definition) is 0. The fourth-order valence-corrected chi connectivity index (χ4v) is 3.60. The van der Waals surface area contributed by atoms with Gasteiger partial charge in [-0.15, -0.1) is 10.2 Å². The van der Waals surface area contributed by atoms with Crippen LogP contribution in [0.1, 0.15) is 24.5 Å². The highest BCUT2D eigenvalue weighted by molar-refractivity contribution is 7.16. The molecule has 0 bridgehead atoms. The van der Waals surface area contributed by atoms with Gasteiger partial charge in [0, 0.05) is 5.56 Å². The van der Waals surface area contributed by atoms with Crippen LogP contribution in [0.4, 0.5) is 0 Å². The number of para-hydroxylation sites is 1.